The van der Waals surface area contributed by atoms with Gasteiger partial charge < -0.3 is 9.84 Å². The highest BCUT2D eigenvalue weighted by molar-refractivity contribution is 5.34. The maximum atomic E-state index is 5.10. The Morgan fingerprint density at radius 3 is 2.73 bits per heavy atom. The minimum atomic E-state index is 0.204. The van der Waals surface area contributed by atoms with Crippen LogP contribution in [0.5, 0.6) is 0 Å². The van der Waals surface area contributed by atoms with Crippen LogP contribution in [-0.4, -0.2) is 19.9 Å². The van der Waals surface area contributed by atoms with Crippen LogP contribution in [0.1, 0.15) is 37.2 Å². The molecule has 0 amide bonds. The van der Waals surface area contributed by atoms with Gasteiger partial charge in [0.2, 0.25) is 5.89 Å². The Labute approximate surface area is 129 Å². The quantitative estimate of drug-likeness (QED) is 0.757. The molecule has 0 aliphatic heterocycles. The fraction of sp³-hybridized carbons (Fsp3) is 0.312. The molecule has 1 aromatic carbocycles. The zero-order valence-corrected chi connectivity index (χ0v) is 12.7. The van der Waals surface area contributed by atoms with E-state index in [2.05, 4.69) is 51.7 Å². The summed E-state index contributed by atoms with van der Waals surface area (Å²) in [7, 11) is 0. The average Bonchev–Trinajstić information content (AvgIpc) is 3.24. The van der Waals surface area contributed by atoms with E-state index in [0.29, 0.717) is 18.3 Å². The lowest BCUT2D eigenvalue weighted by atomic mass is 10.1. The summed E-state index contributed by atoms with van der Waals surface area (Å²) in [5.74, 6) is 1.37. The summed E-state index contributed by atoms with van der Waals surface area (Å²) < 4.78 is 6.94. The molecule has 3 rings (SSSR count). The number of rotatable bonds is 6. The molecule has 1 N–H and O–H groups in total. The van der Waals surface area contributed by atoms with E-state index in [-0.39, 0.29) is 6.04 Å². The van der Waals surface area contributed by atoms with Gasteiger partial charge in [0.05, 0.1) is 12.2 Å². The van der Waals surface area contributed by atoms with Gasteiger partial charge in [-0.1, -0.05) is 24.2 Å². The van der Waals surface area contributed by atoms with Gasteiger partial charge in [0.25, 0.3) is 0 Å². The van der Waals surface area contributed by atoms with Crippen LogP contribution in [-0.2, 0) is 13.0 Å². The van der Waals surface area contributed by atoms with E-state index in [1.165, 1.54) is 5.56 Å². The molecule has 3 aromatic rings. The second-order valence-corrected chi connectivity index (χ2v) is 5.10. The zero-order valence-electron chi connectivity index (χ0n) is 12.7. The van der Waals surface area contributed by atoms with E-state index < -0.39 is 0 Å². The molecular weight excluding hydrogens is 278 g/mol. The molecule has 114 valence electrons. The molecule has 0 spiro atoms. The minimum absolute atomic E-state index is 0.204. The molecule has 1 atom stereocenters. The van der Waals surface area contributed by atoms with Crippen LogP contribution >= 0.6 is 0 Å². The van der Waals surface area contributed by atoms with Crippen molar-refractivity contribution in [3.8, 4) is 5.69 Å². The van der Waals surface area contributed by atoms with Crippen LogP contribution in [0.15, 0.2) is 47.2 Å². The van der Waals surface area contributed by atoms with Crippen LogP contribution in [0.4, 0.5) is 0 Å². The Morgan fingerprint density at radius 2 is 2.09 bits per heavy atom. The molecule has 0 saturated heterocycles. The van der Waals surface area contributed by atoms with Gasteiger partial charge in [0.15, 0.2) is 5.82 Å². The van der Waals surface area contributed by atoms with Crippen LogP contribution in [0, 0.1) is 0 Å². The van der Waals surface area contributed by atoms with Gasteiger partial charge in [0, 0.05) is 24.9 Å². The number of hydrogen-bond donors (Lipinski definition) is 1. The fourth-order valence-electron chi connectivity index (χ4n) is 2.21. The van der Waals surface area contributed by atoms with Crippen molar-refractivity contribution in [2.75, 3.05) is 0 Å². The molecule has 0 radical (unpaired) electrons. The minimum Gasteiger partial charge on any atom is -0.339 e. The molecule has 0 aliphatic rings. The first kappa shape index (κ1) is 14.5. The first-order valence-corrected chi connectivity index (χ1v) is 7.41. The number of aryl methyl sites for hydroxylation is 1. The predicted molar refractivity (Wildman–Crippen MR) is 82.5 cm³/mol. The third-order valence-corrected chi connectivity index (χ3v) is 3.54. The van der Waals surface area contributed by atoms with E-state index in [1.807, 2.05) is 23.9 Å². The predicted octanol–water partition coefficient (Wildman–Crippen LogP) is 2.67. The summed E-state index contributed by atoms with van der Waals surface area (Å²) in [6, 6.07) is 10.4. The molecular formula is C16H19N5O. The summed E-state index contributed by atoms with van der Waals surface area (Å²) in [5.41, 5.74) is 2.25. The molecule has 0 fully saturated rings. The highest BCUT2D eigenvalue weighted by atomic mass is 16.5. The third kappa shape index (κ3) is 3.23. The Bertz CT molecular complexity index is 702. The van der Waals surface area contributed by atoms with Crippen molar-refractivity contribution in [1.29, 1.82) is 0 Å². The second kappa shape index (κ2) is 6.53. The summed E-state index contributed by atoms with van der Waals surface area (Å²) >= 11 is 0. The van der Waals surface area contributed by atoms with E-state index in [9.17, 15) is 0 Å². The number of benzene rings is 1. The van der Waals surface area contributed by atoms with Crippen molar-refractivity contribution < 1.29 is 4.52 Å². The average molecular weight is 297 g/mol. The van der Waals surface area contributed by atoms with Gasteiger partial charge in [-0.3, -0.25) is 0 Å². The third-order valence-electron chi connectivity index (χ3n) is 3.54. The van der Waals surface area contributed by atoms with E-state index in [4.69, 9.17) is 4.52 Å². The molecule has 0 saturated carbocycles. The normalized spacial score (nSPS) is 12.5. The Hall–Kier alpha value is -2.47. The van der Waals surface area contributed by atoms with Gasteiger partial charge in [0.1, 0.15) is 0 Å². The lowest BCUT2D eigenvalue weighted by molar-refractivity contribution is 0.374. The van der Waals surface area contributed by atoms with Crippen molar-refractivity contribution in [2.24, 2.45) is 0 Å². The van der Waals surface area contributed by atoms with E-state index in [0.717, 1.165) is 12.1 Å². The molecule has 0 bridgehead atoms. The Balaban J connectivity index is 1.61. The maximum absolute atomic E-state index is 5.10. The van der Waals surface area contributed by atoms with Crippen LogP contribution in [0.25, 0.3) is 5.69 Å². The summed E-state index contributed by atoms with van der Waals surface area (Å²) in [6.07, 6.45) is 4.46. The van der Waals surface area contributed by atoms with Gasteiger partial charge in [-0.2, -0.15) is 10.1 Å². The Kier molecular flexibility index (Phi) is 4.29. The van der Waals surface area contributed by atoms with Gasteiger partial charge >= 0.3 is 0 Å². The molecule has 6 nitrogen and oxygen atoms in total. The second-order valence-electron chi connectivity index (χ2n) is 5.10. The topological polar surface area (TPSA) is 68.8 Å². The number of hydrogen-bond acceptors (Lipinski definition) is 5. The molecule has 0 aliphatic carbocycles. The molecule has 2 heterocycles. The number of nitrogens with one attached hydrogen (secondary N) is 1. The molecule has 2 aromatic heterocycles. The molecule has 0 unspecified atom stereocenters. The van der Waals surface area contributed by atoms with Gasteiger partial charge in [-0.15, -0.1) is 0 Å². The summed E-state index contributed by atoms with van der Waals surface area (Å²) in [6.45, 7) is 4.70. The lowest BCUT2D eigenvalue weighted by Crippen LogP contribution is -2.18. The van der Waals surface area contributed by atoms with Crippen molar-refractivity contribution >= 4 is 0 Å². The van der Waals surface area contributed by atoms with Gasteiger partial charge in [-0.25, -0.2) is 4.68 Å². The fourth-order valence-corrected chi connectivity index (χ4v) is 2.21. The van der Waals surface area contributed by atoms with E-state index >= 15 is 0 Å². The standard InChI is InChI=1S/C16H19N5O/c1-3-16-19-15(20-22-16)11-17-12(2)13-5-7-14(8-6-13)21-10-4-9-18-21/h4-10,12,17H,3,11H2,1-2H3/t12-/m0/s1. The number of aromatic nitrogens is 4. The lowest BCUT2D eigenvalue weighted by Gasteiger charge is -2.13. The summed E-state index contributed by atoms with van der Waals surface area (Å²) in [4.78, 5) is 4.29. The van der Waals surface area contributed by atoms with Crippen molar-refractivity contribution in [2.45, 2.75) is 32.9 Å². The van der Waals surface area contributed by atoms with E-state index in [1.54, 1.807) is 6.20 Å². The first-order chi connectivity index (χ1) is 10.8. The SMILES string of the molecule is CCc1nc(CN[C@@H](C)c2ccc(-n3cccn3)cc2)no1. The van der Waals surface area contributed by atoms with Crippen molar-refractivity contribution in [3.05, 3.63) is 60.0 Å². The highest BCUT2D eigenvalue weighted by Gasteiger charge is 2.08. The zero-order chi connectivity index (χ0) is 15.4. The summed E-state index contributed by atoms with van der Waals surface area (Å²) in [5, 5.41) is 11.6. The maximum Gasteiger partial charge on any atom is 0.226 e. The van der Waals surface area contributed by atoms with Crippen LogP contribution in [0.2, 0.25) is 0 Å². The number of nitrogens with zero attached hydrogens (tertiary/aromatic N) is 4. The largest absolute Gasteiger partial charge is 0.339 e. The smallest absolute Gasteiger partial charge is 0.226 e. The first-order valence-electron chi connectivity index (χ1n) is 7.41. The van der Waals surface area contributed by atoms with Crippen LogP contribution in [0.3, 0.4) is 0 Å². The van der Waals surface area contributed by atoms with Gasteiger partial charge in [-0.05, 0) is 30.7 Å². The van der Waals surface area contributed by atoms with Crippen LogP contribution < -0.4 is 5.32 Å². The molecule has 22 heavy (non-hydrogen) atoms. The highest BCUT2D eigenvalue weighted by Crippen LogP contribution is 2.15. The van der Waals surface area contributed by atoms with Crippen molar-refractivity contribution in [1.82, 2.24) is 25.2 Å². The monoisotopic (exact) mass is 297 g/mol. The molecule has 6 heteroatoms. The Morgan fingerprint density at radius 1 is 1.27 bits per heavy atom. The van der Waals surface area contributed by atoms with Crippen molar-refractivity contribution in [3.63, 3.8) is 0 Å².